The number of hydrogen-bond donors (Lipinski definition) is 2. The Morgan fingerprint density at radius 3 is 2.25 bits per heavy atom. The van der Waals surface area contributed by atoms with E-state index in [4.69, 9.17) is 12.2 Å². The number of rotatable bonds is 5. The van der Waals surface area contributed by atoms with E-state index in [9.17, 15) is 4.79 Å². The largest absolute Gasteiger partial charge is 0.356 e. The van der Waals surface area contributed by atoms with Crippen LogP contribution >= 0.6 is 12.2 Å². The summed E-state index contributed by atoms with van der Waals surface area (Å²) in [7, 11) is 0. The molecule has 3 aromatic rings. The summed E-state index contributed by atoms with van der Waals surface area (Å²) < 4.78 is 0. The van der Waals surface area contributed by atoms with E-state index in [1.807, 2.05) is 48.5 Å². The Morgan fingerprint density at radius 1 is 0.906 bits per heavy atom. The molecular weight excluding hydrogens is 412 g/mol. The van der Waals surface area contributed by atoms with Gasteiger partial charge in [0, 0.05) is 16.8 Å². The van der Waals surface area contributed by atoms with Gasteiger partial charge in [-0.1, -0.05) is 80.9 Å². The number of thiocarbonyl (C=S) groups is 1. The molecule has 1 atom stereocenters. The lowest BCUT2D eigenvalue weighted by Gasteiger charge is -2.20. The van der Waals surface area contributed by atoms with E-state index in [-0.39, 0.29) is 17.2 Å². The van der Waals surface area contributed by atoms with Crippen LogP contribution in [-0.2, 0) is 5.41 Å². The molecule has 0 saturated carbocycles. The molecule has 0 aliphatic rings. The van der Waals surface area contributed by atoms with Gasteiger partial charge in [-0.25, -0.2) is 0 Å². The van der Waals surface area contributed by atoms with Crippen molar-refractivity contribution in [3.8, 4) is 0 Å². The molecule has 0 spiro atoms. The summed E-state index contributed by atoms with van der Waals surface area (Å²) in [5.74, 6) is -0.00302. The highest BCUT2D eigenvalue weighted by molar-refractivity contribution is 7.80. The average Bonchev–Trinajstić information content (AvgIpc) is 2.74. The standard InChI is InChI=1S/C28H32N2OS/c1-18-10-11-19(2)25(16-18)20(3)29-27(32)30-24-9-7-8-22(17-24)26(31)21-12-14-23(15-13-21)28(4,5)6/h7-17,20H,1-6H3,(H2,29,30,32)/t20-/m0/s1. The number of carbonyl (C=O) groups is 1. The Kier molecular flexibility index (Phi) is 7.15. The molecule has 0 heterocycles. The van der Waals surface area contributed by atoms with Gasteiger partial charge in [0.25, 0.3) is 0 Å². The molecule has 0 fully saturated rings. The van der Waals surface area contributed by atoms with Gasteiger partial charge < -0.3 is 10.6 Å². The van der Waals surface area contributed by atoms with Crippen LogP contribution in [0.1, 0.15) is 71.9 Å². The molecule has 0 aliphatic heterocycles. The van der Waals surface area contributed by atoms with Crippen LogP contribution < -0.4 is 10.6 Å². The highest BCUT2D eigenvalue weighted by atomic mass is 32.1. The van der Waals surface area contributed by atoms with Crippen molar-refractivity contribution in [3.05, 3.63) is 100 Å². The number of carbonyl (C=O) groups excluding carboxylic acids is 1. The van der Waals surface area contributed by atoms with Gasteiger partial charge in [-0.3, -0.25) is 4.79 Å². The van der Waals surface area contributed by atoms with Crippen LogP contribution in [0.15, 0.2) is 66.7 Å². The van der Waals surface area contributed by atoms with Gasteiger partial charge in [-0.2, -0.15) is 0 Å². The Labute approximate surface area is 197 Å². The molecule has 4 heteroatoms. The summed E-state index contributed by atoms with van der Waals surface area (Å²) in [5.41, 5.74) is 7.03. The third-order valence-electron chi connectivity index (χ3n) is 5.64. The van der Waals surface area contributed by atoms with Crippen molar-refractivity contribution >= 4 is 28.8 Å². The lowest BCUT2D eigenvalue weighted by Crippen LogP contribution is -2.31. The second-order valence-corrected chi connectivity index (χ2v) is 9.83. The van der Waals surface area contributed by atoms with Crippen LogP contribution in [-0.4, -0.2) is 10.9 Å². The van der Waals surface area contributed by atoms with Crippen molar-refractivity contribution in [1.82, 2.24) is 5.32 Å². The van der Waals surface area contributed by atoms with Gasteiger partial charge in [0.2, 0.25) is 0 Å². The Morgan fingerprint density at radius 2 is 1.59 bits per heavy atom. The number of ketones is 1. The fraction of sp³-hybridized carbons (Fsp3) is 0.286. The molecule has 0 bridgehead atoms. The summed E-state index contributed by atoms with van der Waals surface area (Å²) in [6.07, 6.45) is 0. The molecule has 0 amide bonds. The minimum Gasteiger partial charge on any atom is -0.356 e. The molecule has 3 nitrogen and oxygen atoms in total. The van der Waals surface area contributed by atoms with E-state index in [0.717, 1.165) is 5.69 Å². The number of aryl methyl sites for hydroxylation is 2. The molecular formula is C28H32N2OS. The predicted octanol–water partition coefficient (Wildman–Crippen LogP) is 6.88. The Bertz CT molecular complexity index is 1130. The smallest absolute Gasteiger partial charge is 0.193 e. The van der Waals surface area contributed by atoms with Crippen LogP contribution in [0, 0.1) is 13.8 Å². The quantitative estimate of drug-likeness (QED) is 0.332. The minimum atomic E-state index is -0.00302. The number of hydrogen-bond acceptors (Lipinski definition) is 2. The topological polar surface area (TPSA) is 41.1 Å². The lowest BCUT2D eigenvalue weighted by molar-refractivity contribution is 0.103. The summed E-state index contributed by atoms with van der Waals surface area (Å²) in [4.78, 5) is 13.0. The maximum atomic E-state index is 13.0. The predicted molar refractivity (Wildman–Crippen MR) is 139 cm³/mol. The van der Waals surface area contributed by atoms with Crippen LogP contribution in [0.3, 0.4) is 0 Å². The lowest BCUT2D eigenvalue weighted by atomic mass is 9.86. The van der Waals surface area contributed by atoms with E-state index in [1.165, 1.54) is 22.3 Å². The highest BCUT2D eigenvalue weighted by Gasteiger charge is 2.16. The maximum Gasteiger partial charge on any atom is 0.193 e. The second-order valence-electron chi connectivity index (χ2n) is 9.42. The van der Waals surface area contributed by atoms with Crippen molar-refractivity contribution in [1.29, 1.82) is 0 Å². The van der Waals surface area contributed by atoms with Crippen molar-refractivity contribution in [2.24, 2.45) is 0 Å². The molecule has 3 rings (SSSR count). The number of benzene rings is 3. The van der Waals surface area contributed by atoms with Gasteiger partial charge >= 0.3 is 0 Å². The fourth-order valence-corrected chi connectivity index (χ4v) is 3.99. The molecule has 0 radical (unpaired) electrons. The molecule has 0 saturated heterocycles. The van der Waals surface area contributed by atoms with Crippen molar-refractivity contribution in [2.45, 2.75) is 53.0 Å². The average molecular weight is 445 g/mol. The zero-order valence-electron chi connectivity index (χ0n) is 19.7. The molecule has 2 N–H and O–H groups in total. The zero-order valence-corrected chi connectivity index (χ0v) is 20.6. The van der Waals surface area contributed by atoms with Crippen LogP contribution in [0.4, 0.5) is 5.69 Å². The normalized spacial score (nSPS) is 12.2. The number of nitrogens with one attached hydrogen (secondary N) is 2. The maximum absolute atomic E-state index is 13.0. The van der Waals surface area contributed by atoms with Gasteiger partial charge in [-0.05, 0) is 67.2 Å². The fourth-order valence-electron chi connectivity index (χ4n) is 3.69. The van der Waals surface area contributed by atoms with E-state index in [0.29, 0.717) is 16.2 Å². The van der Waals surface area contributed by atoms with Crippen molar-refractivity contribution in [3.63, 3.8) is 0 Å². The first-order chi connectivity index (χ1) is 15.0. The minimum absolute atomic E-state index is 0.00302. The first-order valence-corrected chi connectivity index (χ1v) is 11.4. The highest BCUT2D eigenvalue weighted by Crippen LogP contribution is 2.24. The van der Waals surface area contributed by atoms with Crippen LogP contribution in [0.5, 0.6) is 0 Å². The molecule has 166 valence electrons. The monoisotopic (exact) mass is 444 g/mol. The first kappa shape index (κ1) is 23.7. The summed E-state index contributed by atoms with van der Waals surface area (Å²) in [6, 6.07) is 21.8. The molecule has 0 aliphatic carbocycles. The molecule has 0 unspecified atom stereocenters. The van der Waals surface area contributed by atoms with E-state index in [1.54, 1.807) is 0 Å². The van der Waals surface area contributed by atoms with Gasteiger partial charge in [-0.15, -0.1) is 0 Å². The van der Waals surface area contributed by atoms with Crippen LogP contribution in [0.25, 0.3) is 0 Å². The third kappa shape index (κ3) is 5.83. The molecule has 32 heavy (non-hydrogen) atoms. The first-order valence-electron chi connectivity index (χ1n) is 10.9. The van der Waals surface area contributed by atoms with Gasteiger partial charge in [0.1, 0.15) is 0 Å². The van der Waals surface area contributed by atoms with Gasteiger partial charge in [0.15, 0.2) is 10.9 Å². The van der Waals surface area contributed by atoms with Crippen molar-refractivity contribution in [2.75, 3.05) is 5.32 Å². The SMILES string of the molecule is Cc1ccc(C)c([C@H](C)NC(=S)Nc2cccc(C(=O)c3ccc(C(C)(C)C)cc3)c2)c1. The van der Waals surface area contributed by atoms with Crippen molar-refractivity contribution < 1.29 is 4.79 Å². The zero-order chi connectivity index (χ0) is 23.5. The molecule has 0 aromatic heterocycles. The molecule has 3 aromatic carbocycles. The van der Waals surface area contributed by atoms with E-state index < -0.39 is 0 Å². The Balaban J connectivity index is 1.69. The third-order valence-corrected chi connectivity index (χ3v) is 5.86. The summed E-state index contributed by atoms with van der Waals surface area (Å²) in [5, 5.41) is 7.09. The van der Waals surface area contributed by atoms with Crippen LogP contribution in [0.2, 0.25) is 0 Å². The second kappa shape index (κ2) is 9.66. The van der Waals surface area contributed by atoms with Gasteiger partial charge in [0.05, 0.1) is 6.04 Å². The summed E-state index contributed by atoms with van der Waals surface area (Å²) >= 11 is 5.53. The van der Waals surface area contributed by atoms with E-state index >= 15 is 0 Å². The number of anilines is 1. The van der Waals surface area contributed by atoms with E-state index in [2.05, 4.69) is 70.4 Å². The Hall–Kier alpha value is -2.98. The summed E-state index contributed by atoms with van der Waals surface area (Å²) in [6.45, 7) is 12.8.